The van der Waals surface area contributed by atoms with E-state index in [1.165, 1.54) is 12.8 Å². The maximum atomic E-state index is 12.5. The third kappa shape index (κ3) is 4.08. The van der Waals surface area contributed by atoms with Gasteiger partial charge in [0.1, 0.15) is 5.60 Å². The monoisotopic (exact) mass is 330 g/mol. The maximum Gasteiger partial charge on any atom is 0.407 e. The Kier molecular flexibility index (Phi) is 4.52. The van der Waals surface area contributed by atoms with E-state index in [4.69, 9.17) is 4.74 Å². The maximum absolute atomic E-state index is 12.5. The quantitative estimate of drug-likeness (QED) is 0.891. The Morgan fingerprint density at radius 3 is 2.50 bits per heavy atom. The smallest absolute Gasteiger partial charge is 0.407 e. The normalized spacial score (nSPS) is 26.8. The molecule has 0 bridgehead atoms. The van der Waals surface area contributed by atoms with E-state index in [1.807, 2.05) is 51.1 Å². The molecule has 24 heavy (non-hydrogen) atoms. The van der Waals surface area contributed by atoms with E-state index in [0.717, 1.165) is 12.0 Å². The molecule has 1 aliphatic carbocycles. The van der Waals surface area contributed by atoms with Crippen LogP contribution in [0.2, 0.25) is 0 Å². The first-order chi connectivity index (χ1) is 11.3. The minimum atomic E-state index is -0.561. The molecule has 2 fully saturated rings. The van der Waals surface area contributed by atoms with Gasteiger partial charge in [-0.2, -0.15) is 0 Å². The minimum Gasteiger partial charge on any atom is -0.444 e. The topological polar surface area (TPSA) is 67.4 Å². The van der Waals surface area contributed by atoms with Crippen molar-refractivity contribution in [3.63, 3.8) is 0 Å². The van der Waals surface area contributed by atoms with Crippen LogP contribution in [0, 0.1) is 11.8 Å². The van der Waals surface area contributed by atoms with Gasteiger partial charge in [0, 0.05) is 0 Å². The molecule has 5 heteroatoms. The standard InChI is InChI=1S/C19H26N2O3/c1-19(2,3)24-18(23)21-16-14(11-12-9-10-12)17(22)20-15(16)13-7-5-4-6-8-13/h4-8,12,14-16H,9-11H2,1-3H3,(H,20,22)(H,21,23). The van der Waals surface area contributed by atoms with Crippen LogP contribution in [0.4, 0.5) is 4.79 Å². The summed E-state index contributed by atoms with van der Waals surface area (Å²) in [4.78, 5) is 24.8. The Morgan fingerprint density at radius 1 is 1.25 bits per heavy atom. The van der Waals surface area contributed by atoms with Crippen molar-refractivity contribution >= 4 is 12.0 Å². The summed E-state index contributed by atoms with van der Waals surface area (Å²) in [7, 11) is 0. The zero-order valence-electron chi connectivity index (χ0n) is 14.5. The molecule has 1 heterocycles. The van der Waals surface area contributed by atoms with E-state index >= 15 is 0 Å². The molecule has 130 valence electrons. The van der Waals surface area contributed by atoms with Gasteiger partial charge >= 0.3 is 6.09 Å². The van der Waals surface area contributed by atoms with E-state index < -0.39 is 11.7 Å². The van der Waals surface area contributed by atoms with Crippen molar-refractivity contribution in [3.8, 4) is 0 Å². The van der Waals surface area contributed by atoms with Crippen molar-refractivity contribution in [2.75, 3.05) is 0 Å². The molecular weight excluding hydrogens is 304 g/mol. The van der Waals surface area contributed by atoms with Gasteiger partial charge in [0.2, 0.25) is 5.91 Å². The lowest BCUT2D eigenvalue weighted by atomic mass is 9.90. The molecule has 5 nitrogen and oxygen atoms in total. The van der Waals surface area contributed by atoms with Gasteiger partial charge in [-0.25, -0.2) is 4.79 Å². The van der Waals surface area contributed by atoms with E-state index in [2.05, 4.69) is 10.6 Å². The van der Waals surface area contributed by atoms with Crippen LogP contribution in [-0.4, -0.2) is 23.6 Å². The number of rotatable bonds is 4. The summed E-state index contributed by atoms with van der Waals surface area (Å²) < 4.78 is 5.40. The van der Waals surface area contributed by atoms with Crippen LogP contribution < -0.4 is 10.6 Å². The minimum absolute atomic E-state index is 0.0248. The molecule has 0 aromatic heterocycles. The molecule has 3 atom stereocenters. The van der Waals surface area contributed by atoms with Crippen LogP contribution in [0.3, 0.4) is 0 Å². The van der Waals surface area contributed by atoms with Gasteiger partial charge in [0.15, 0.2) is 0 Å². The number of carbonyl (C=O) groups excluding carboxylic acids is 2. The van der Waals surface area contributed by atoms with Crippen molar-refractivity contribution < 1.29 is 14.3 Å². The first-order valence-corrected chi connectivity index (χ1v) is 8.68. The number of alkyl carbamates (subject to hydrolysis) is 1. The molecule has 0 spiro atoms. The van der Waals surface area contributed by atoms with Gasteiger partial charge in [-0.05, 0) is 38.7 Å². The van der Waals surface area contributed by atoms with Crippen LogP contribution in [0.1, 0.15) is 51.6 Å². The third-order valence-electron chi connectivity index (χ3n) is 4.55. The fourth-order valence-electron chi connectivity index (χ4n) is 3.29. The molecule has 3 rings (SSSR count). The van der Waals surface area contributed by atoms with Crippen LogP contribution in [0.15, 0.2) is 30.3 Å². The van der Waals surface area contributed by atoms with E-state index in [0.29, 0.717) is 5.92 Å². The van der Waals surface area contributed by atoms with Crippen LogP contribution >= 0.6 is 0 Å². The van der Waals surface area contributed by atoms with Crippen LogP contribution in [0.25, 0.3) is 0 Å². The number of ether oxygens (including phenoxy) is 1. The lowest BCUT2D eigenvalue weighted by Crippen LogP contribution is -2.44. The molecular formula is C19H26N2O3. The number of carbonyl (C=O) groups is 2. The molecule has 2 N–H and O–H groups in total. The summed E-state index contributed by atoms with van der Waals surface area (Å²) in [6.07, 6.45) is 2.72. The van der Waals surface area contributed by atoms with Crippen LogP contribution in [0.5, 0.6) is 0 Å². The fraction of sp³-hybridized carbons (Fsp3) is 0.579. The summed E-state index contributed by atoms with van der Waals surface area (Å²) in [6, 6.07) is 9.30. The summed E-state index contributed by atoms with van der Waals surface area (Å²) >= 11 is 0. The molecule has 1 saturated carbocycles. The Bertz CT molecular complexity index is 605. The molecule has 0 radical (unpaired) electrons. The fourth-order valence-corrected chi connectivity index (χ4v) is 3.29. The summed E-state index contributed by atoms with van der Waals surface area (Å²) in [5.41, 5.74) is 0.444. The second kappa shape index (κ2) is 6.46. The van der Waals surface area contributed by atoms with Gasteiger partial charge in [-0.3, -0.25) is 4.79 Å². The molecule has 1 aromatic carbocycles. The van der Waals surface area contributed by atoms with Crippen molar-refractivity contribution in [3.05, 3.63) is 35.9 Å². The first kappa shape index (κ1) is 16.8. The zero-order chi connectivity index (χ0) is 17.3. The Balaban J connectivity index is 1.79. The van der Waals surface area contributed by atoms with Crippen molar-refractivity contribution in [1.29, 1.82) is 0 Å². The Hall–Kier alpha value is -2.04. The van der Waals surface area contributed by atoms with E-state index in [9.17, 15) is 9.59 Å². The number of nitrogens with one attached hydrogen (secondary N) is 2. The second-order valence-corrected chi connectivity index (χ2v) is 7.85. The SMILES string of the molecule is CC(C)(C)OC(=O)NC1C(CC2CC2)C(=O)NC1c1ccccc1. The second-order valence-electron chi connectivity index (χ2n) is 7.85. The average Bonchev–Trinajstić information content (AvgIpc) is 3.26. The predicted molar refractivity (Wildman–Crippen MR) is 91.3 cm³/mol. The first-order valence-electron chi connectivity index (χ1n) is 8.68. The molecule has 1 aliphatic heterocycles. The van der Waals surface area contributed by atoms with Gasteiger partial charge < -0.3 is 15.4 Å². The number of amides is 2. The van der Waals surface area contributed by atoms with Crippen molar-refractivity contribution in [2.45, 2.75) is 57.7 Å². The molecule has 2 amide bonds. The largest absolute Gasteiger partial charge is 0.444 e. The van der Waals surface area contributed by atoms with Gasteiger partial charge in [0.05, 0.1) is 18.0 Å². The summed E-state index contributed by atoms with van der Waals surface area (Å²) in [6.45, 7) is 5.50. The molecule has 2 aliphatic rings. The van der Waals surface area contributed by atoms with E-state index in [1.54, 1.807) is 0 Å². The van der Waals surface area contributed by atoms with Gasteiger partial charge in [-0.15, -0.1) is 0 Å². The van der Waals surface area contributed by atoms with E-state index in [-0.39, 0.29) is 23.9 Å². The predicted octanol–water partition coefficient (Wildman–Crippen LogP) is 3.17. The number of benzene rings is 1. The summed E-state index contributed by atoms with van der Waals surface area (Å²) in [5.74, 6) is 0.435. The van der Waals surface area contributed by atoms with Crippen molar-refractivity contribution in [1.82, 2.24) is 10.6 Å². The lowest BCUT2D eigenvalue weighted by molar-refractivity contribution is -0.123. The highest BCUT2D eigenvalue weighted by Crippen LogP contribution is 2.40. The summed E-state index contributed by atoms with van der Waals surface area (Å²) in [5, 5.41) is 6.02. The highest BCUT2D eigenvalue weighted by Gasteiger charge is 2.46. The third-order valence-corrected chi connectivity index (χ3v) is 4.55. The molecule has 1 aromatic rings. The Morgan fingerprint density at radius 2 is 1.92 bits per heavy atom. The average molecular weight is 330 g/mol. The molecule has 3 unspecified atom stereocenters. The van der Waals surface area contributed by atoms with Gasteiger partial charge in [-0.1, -0.05) is 43.2 Å². The van der Waals surface area contributed by atoms with Gasteiger partial charge in [0.25, 0.3) is 0 Å². The van der Waals surface area contributed by atoms with Crippen LogP contribution in [-0.2, 0) is 9.53 Å². The highest BCUT2D eigenvalue weighted by atomic mass is 16.6. The Labute approximate surface area is 143 Å². The zero-order valence-corrected chi connectivity index (χ0v) is 14.5. The highest BCUT2D eigenvalue weighted by molar-refractivity contribution is 5.84. The number of hydrogen-bond donors (Lipinski definition) is 2. The molecule has 1 saturated heterocycles. The lowest BCUT2D eigenvalue weighted by Gasteiger charge is -2.27. The number of hydrogen-bond acceptors (Lipinski definition) is 3. The van der Waals surface area contributed by atoms with Crippen molar-refractivity contribution in [2.24, 2.45) is 11.8 Å².